The summed E-state index contributed by atoms with van der Waals surface area (Å²) in [7, 11) is 0. The van der Waals surface area contributed by atoms with Crippen LogP contribution in [0.5, 0.6) is 0 Å². The highest BCUT2D eigenvalue weighted by Crippen LogP contribution is 2.42. The molecule has 5 nitrogen and oxygen atoms in total. The van der Waals surface area contributed by atoms with Crippen LogP contribution in [0.3, 0.4) is 0 Å². The first-order valence-corrected chi connectivity index (χ1v) is 6.26. The monoisotopic (exact) mass is 253 g/mol. The SMILES string of the molecule is CC(C)(C)OC(=O)N1C(=O)/C(=C/O)C2CCCC21. The van der Waals surface area contributed by atoms with Gasteiger partial charge in [-0.3, -0.25) is 4.79 Å². The fourth-order valence-electron chi connectivity index (χ4n) is 2.74. The van der Waals surface area contributed by atoms with E-state index < -0.39 is 17.6 Å². The number of carbonyl (C=O) groups excluding carboxylic acids is 2. The van der Waals surface area contributed by atoms with Crippen molar-refractivity contribution in [3.05, 3.63) is 11.8 Å². The van der Waals surface area contributed by atoms with Gasteiger partial charge in [-0.1, -0.05) is 6.42 Å². The van der Waals surface area contributed by atoms with Crippen molar-refractivity contribution < 1.29 is 19.4 Å². The Morgan fingerprint density at radius 2 is 2.11 bits per heavy atom. The van der Waals surface area contributed by atoms with Crippen LogP contribution in [0.1, 0.15) is 40.0 Å². The summed E-state index contributed by atoms with van der Waals surface area (Å²) < 4.78 is 5.25. The van der Waals surface area contributed by atoms with Crippen molar-refractivity contribution >= 4 is 12.0 Å². The lowest BCUT2D eigenvalue weighted by molar-refractivity contribution is -0.125. The van der Waals surface area contributed by atoms with Gasteiger partial charge >= 0.3 is 6.09 Å². The highest BCUT2D eigenvalue weighted by molar-refractivity contribution is 6.05. The van der Waals surface area contributed by atoms with Crippen molar-refractivity contribution in [3.63, 3.8) is 0 Å². The van der Waals surface area contributed by atoms with E-state index in [2.05, 4.69) is 0 Å². The van der Waals surface area contributed by atoms with Crippen molar-refractivity contribution in [2.24, 2.45) is 5.92 Å². The Morgan fingerprint density at radius 3 is 2.67 bits per heavy atom. The van der Waals surface area contributed by atoms with E-state index in [0.717, 1.165) is 25.5 Å². The van der Waals surface area contributed by atoms with Crippen LogP contribution < -0.4 is 0 Å². The summed E-state index contributed by atoms with van der Waals surface area (Å²) in [6.07, 6.45) is 2.81. The van der Waals surface area contributed by atoms with Crippen LogP contribution in [-0.2, 0) is 9.53 Å². The molecule has 2 amide bonds. The standard InChI is InChI=1S/C13H19NO4/c1-13(2,3)18-12(17)14-10-6-4-5-8(10)9(7-15)11(14)16/h7-8,10,15H,4-6H2,1-3H3/b9-7+. The summed E-state index contributed by atoms with van der Waals surface area (Å²) in [5.41, 5.74) is -0.291. The van der Waals surface area contributed by atoms with E-state index in [4.69, 9.17) is 9.84 Å². The number of likely N-dealkylation sites (tertiary alicyclic amines) is 1. The summed E-state index contributed by atoms with van der Waals surface area (Å²) >= 11 is 0. The van der Waals surface area contributed by atoms with Gasteiger partial charge in [0.25, 0.3) is 5.91 Å². The largest absolute Gasteiger partial charge is 0.515 e. The zero-order valence-electron chi connectivity index (χ0n) is 11.0. The lowest BCUT2D eigenvalue weighted by Crippen LogP contribution is -2.42. The molecule has 1 aliphatic carbocycles. The quantitative estimate of drug-likeness (QED) is 0.531. The molecule has 1 saturated carbocycles. The highest BCUT2D eigenvalue weighted by Gasteiger charge is 2.50. The van der Waals surface area contributed by atoms with Crippen molar-refractivity contribution in [2.75, 3.05) is 0 Å². The van der Waals surface area contributed by atoms with E-state index in [1.165, 1.54) is 4.90 Å². The normalized spacial score (nSPS) is 29.8. The minimum absolute atomic E-state index is 0.0324. The fourth-order valence-corrected chi connectivity index (χ4v) is 2.74. The number of amides is 2. The van der Waals surface area contributed by atoms with E-state index in [1.54, 1.807) is 20.8 Å². The molecule has 2 fully saturated rings. The summed E-state index contributed by atoms with van der Waals surface area (Å²) in [4.78, 5) is 25.3. The molecule has 0 bridgehead atoms. The van der Waals surface area contributed by atoms with Crippen molar-refractivity contribution in [1.29, 1.82) is 0 Å². The Hall–Kier alpha value is -1.52. The molecule has 2 atom stereocenters. The maximum atomic E-state index is 12.1. The Labute approximate surface area is 106 Å². The first-order valence-electron chi connectivity index (χ1n) is 6.26. The molecular formula is C13H19NO4. The lowest BCUT2D eigenvalue weighted by atomic mass is 10.00. The van der Waals surface area contributed by atoms with E-state index in [1.807, 2.05) is 0 Å². The molecule has 0 radical (unpaired) electrons. The second-order valence-corrected chi connectivity index (χ2v) is 5.84. The van der Waals surface area contributed by atoms with Crippen molar-refractivity contribution in [2.45, 2.75) is 51.7 Å². The molecular weight excluding hydrogens is 234 g/mol. The van der Waals surface area contributed by atoms with Crippen LogP contribution in [0.4, 0.5) is 4.79 Å². The fraction of sp³-hybridized carbons (Fsp3) is 0.692. The molecule has 1 heterocycles. The molecule has 100 valence electrons. The van der Waals surface area contributed by atoms with Gasteiger partial charge in [-0.2, -0.15) is 0 Å². The van der Waals surface area contributed by atoms with Gasteiger partial charge in [0.15, 0.2) is 0 Å². The first-order chi connectivity index (χ1) is 8.35. The van der Waals surface area contributed by atoms with Crippen molar-refractivity contribution in [1.82, 2.24) is 4.90 Å². The molecule has 5 heteroatoms. The van der Waals surface area contributed by atoms with Crippen LogP contribution in [0.15, 0.2) is 11.8 Å². The number of ether oxygens (including phenoxy) is 1. The molecule has 0 spiro atoms. The topological polar surface area (TPSA) is 66.8 Å². The lowest BCUT2D eigenvalue weighted by Gasteiger charge is -2.26. The van der Waals surface area contributed by atoms with Crippen LogP contribution in [-0.4, -0.2) is 33.6 Å². The molecule has 0 aromatic rings. The van der Waals surface area contributed by atoms with Gasteiger partial charge in [0.05, 0.1) is 17.9 Å². The molecule has 1 N–H and O–H groups in total. The third kappa shape index (κ3) is 2.09. The molecule has 2 aliphatic rings. The Morgan fingerprint density at radius 1 is 1.44 bits per heavy atom. The second kappa shape index (κ2) is 4.30. The molecule has 0 aromatic heterocycles. The van der Waals surface area contributed by atoms with E-state index >= 15 is 0 Å². The number of aliphatic hydroxyl groups excluding tert-OH is 1. The number of fused-ring (bicyclic) bond motifs is 1. The van der Waals surface area contributed by atoms with Crippen LogP contribution in [0.2, 0.25) is 0 Å². The number of rotatable bonds is 0. The van der Waals surface area contributed by atoms with Gasteiger partial charge in [-0.05, 0) is 33.6 Å². The van der Waals surface area contributed by atoms with E-state index in [9.17, 15) is 9.59 Å². The molecule has 1 aliphatic heterocycles. The summed E-state index contributed by atoms with van der Waals surface area (Å²) in [6, 6.07) is -0.147. The molecule has 0 aromatic carbocycles. The minimum atomic E-state index is -0.628. The number of imide groups is 1. The summed E-state index contributed by atoms with van der Waals surface area (Å²) in [6.45, 7) is 5.29. The second-order valence-electron chi connectivity index (χ2n) is 5.84. The highest BCUT2D eigenvalue weighted by atomic mass is 16.6. The van der Waals surface area contributed by atoms with Gasteiger partial charge in [0.1, 0.15) is 5.60 Å². The van der Waals surface area contributed by atoms with Gasteiger partial charge < -0.3 is 9.84 Å². The predicted octanol–water partition coefficient (Wildman–Crippen LogP) is 2.37. The first kappa shape index (κ1) is 12.9. The number of hydrogen-bond acceptors (Lipinski definition) is 4. The van der Waals surface area contributed by atoms with Crippen LogP contribution >= 0.6 is 0 Å². The summed E-state index contributed by atoms with van der Waals surface area (Å²) in [5, 5.41) is 9.15. The Bertz CT molecular complexity index is 408. The smallest absolute Gasteiger partial charge is 0.417 e. The van der Waals surface area contributed by atoms with E-state index in [-0.39, 0.29) is 12.0 Å². The summed E-state index contributed by atoms with van der Waals surface area (Å²) in [5.74, 6) is -0.448. The van der Waals surface area contributed by atoms with Gasteiger partial charge in [0.2, 0.25) is 0 Å². The van der Waals surface area contributed by atoms with Crippen molar-refractivity contribution in [3.8, 4) is 0 Å². The van der Waals surface area contributed by atoms with Crippen LogP contribution in [0, 0.1) is 5.92 Å². The van der Waals surface area contributed by atoms with E-state index in [0.29, 0.717) is 5.57 Å². The number of nitrogens with zero attached hydrogens (tertiary/aromatic N) is 1. The number of hydrogen-bond donors (Lipinski definition) is 1. The van der Waals surface area contributed by atoms with Gasteiger partial charge in [0, 0.05) is 5.92 Å². The zero-order chi connectivity index (χ0) is 13.5. The van der Waals surface area contributed by atoms with Gasteiger partial charge in [-0.25, -0.2) is 9.69 Å². The molecule has 18 heavy (non-hydrogen) atoms. The third-order valence-electron chi connectivity index (χ3n) is 3.41. The zero-order valence-corrected chi connectivity index (χ0v) is 11.0. The average molecular weight is 253 g/mol. The minimum Gasteiger partial charge on any atom is -0.515 e. The number of carbonyl (C=O) groups is 2. The molecule has 2 unspecified atom stereocenters. The maximum absolute atomic E-state index is 12.1. The Balaban J connectivity index is 2.22. The molecule has 2 rings (SSSR count). The predicted molar refractivity (Wildman–Crippen MR) is 64.9 cm³/mol. The number of aliphatic hydroxyl groups is 1. The third-order valence-corrected chi connectivity index (χ3v) is 3.41. The maximum Gasteiger partial charge on any atom is 0.417 e. The van der Waals surface area contributed by atoms with Crippen LogP contribution in [0.25, 0.3) is 0 Å². The Kier molecular flexibility index (Phi) is 3.09. The van der Waals surface area contributed by atoms with Gasteiger partial charge in [-0.15, -0.1) is 0 Å². The molecule has 1 saturated heterocycles. The average Bonchev–Trinajstić information content (AvgIpc) is 2.73.